The van der Waals surface area contributed by atoms with Crippen molar-refractivity contribution in [2.75, 3.05) is 29.9 Å². The number of rotatable bonds is 5. The van der Waals surface area contributed by atoms with Crippen molar-refractivity contribution >= 4 is 23.1 Å². The molecule has 6 nitrogen and oxygen atoms in total. The van der Waals surface area contributed by atoms with Crippen molar-refractivity contribution in [1.29, 1.82) is 0 Å². The third-order valence-corrected chi connectivity index (χ3v) is 4.44. The fourth-order valence-electron chi connectivity index (χ4n) is 2.36. The van der Waals surface area contributed by atoms with Gasteiger partial charge in [-0.15, -0.1) is 11.3 Å². The number of aliphatic hydroxyl groups excluding tert-OH is 1. The standard InChI is InChI=1S/C14H19N5OS/c1-10-9-21-13(17-10)3-6-16-14-15-5-2-12(18-14)19-7-4-11(20)8-19/h2,5,9,11,20H,3-4,6-8H2,1H3,(H,15,16,18)/t11-/m0/s1. The van der Waals surface area contributed by atoms with Gasteiger partial charge in [0.1, 0.15) is 5.82 Å². The molecule has 0 saturated carbocycles. The molecule has 0 aliphatic carbocycles. The number of hydrogen-bond donors (Lipinski definition) is 2. The van der Waals surface area contributed by atoms with Gasteiger partial charge in [-0.05, 0) is 19.4 Å². The molecule has 0 unspecified atom stereocenters. The Morgan fingerprint density at radius 3 is 3.10 bits per heavy atom. The first-order valence-electron chi connectivity index (χ1n) is 7.11. The summed E-state index contributed by atoms with van der Waals surface area (Å²) in [5, 5.41) is 16.0. The summed E-state index contributed by atoms with van der Waals surface area (Å²) >= 11 is 1.68. The maximum atomic E-state index is 9.59. The molecule has 1 atom stereocenters. The zero-order valence-corrected chi connectivity index (χ0v) is 12.8. The Kier molecular flexibility index (Phi) is 4.31. The average Bonchev–Trinajstić information content (AvgIpc) is 3.08. The number of nitrogens with zero attached hydrogens (tertiary/aromatic N) is 4. The van der Waals surface area contributed by atoms with Gasteiger partial charge in [-0.1, -0.05) is 0 Å². The van der Waals surface area contributed by atoms with Crippen molar-refractivity contribution in [3.8, 4) is 0 Å². The Morgan fingerprint density at radius 1 is 1.48 bits per heavy atom. The van der Waals surface area contributed by atoms with Gasteiger partial charge in [0.25, 0.3) is 0 Å². The molecule has 0 bridgehead atoms. The molecule has 1 aliphatic heterocycles. The number of aromatic nitrogens is 3. The molecule has 1 aliphatic rings. The first-order valence-corrected chi connectivity index (χ1v) is 7.99. The third kappa shape index (κ3) is 3.68. The van der Waals surface area contributed by atoms with E-state index < -0.39 is 0 Å². The molecule has 1 saturated heterocycles. The largest absolute Gasteiger partial charge is 0.391 e. The van der Waals surface area contributed by atoms with Crippen molar-refractivity contribution in [3.63, 3.8) is 0 Å². The van der Waals surface area contributed by atoms with Crippen molar-refractivity contribution in [2.45, 2.75) is 25.9 Å². The van der Waals surface area contributed by atoms with Crippen LogP contribution in [0.25, 0.3) is 0 Å². The minimum atomic E-state index is -0.246. The number of aryl methyl sites for hydroxylation is 1. The minimum absolute atomic E-state index is 0.246. The molecule has 21 heavy (non-hydrogen) atoms. The Bertz CT molecular complexity index is 603. The topological polar surface area (TPSA) is 74.2 Å². The highest BCUT2D eigenvalue weighted by atomic mass is 32.1. The SMILES string of the molecule is Cc1csc(CCNc2nccc(N3CC[C@H](O)C3)n2)n1. The molecule has 2 N–H and O–H groups in total. The highest BCUT2D eigenvalue weighted by Crippen LogP contribution is 2.18. The van der Waals surface area contributed by atoms with E-state index in [1.165, 1.54) is 0 Å². The summed E-state index contributed by atoms with van der Waals surface area (Å²) in [4.78, 5) is 15.3. The third-order valence-electron chi connectivity index (χ3n) is 3.42. The lowest BCUT2D eigenvalue weighted by Crippen LogP contribution is -2.22. The van der Waals surface area contributed by atoms with Crippen LogP contribution in [0.1, 0.15) is 17.1 Å². The van der Waals surface area contributed by atoms with E-state index in [2.05, 4.69) is 30.5 Å². The highest BCUT2D eigenvalue weighted by Gasteiger charge is 2.21. The van der Waals surface area contributed by atoms with E-state index in [9.17, 15) is 5.11 Å². The van der Waals surface area contributed by atoms with E-state index in [1.54, 1.807) is 17.5 Å². The van der Waals surface area contributed by atoms with Crippen LogP contribution in [0, 0.1) is 6.92 Å². The van der Waals surface area contributed by atoms with Crippen LogP contribution in [-0.4, -0.2) is 45.8 Å². The predicted octanol–water partition coefficient (Wildman–Crippen LogP) is 1.47. The van der Waals surface area contributed by atoms with Gasteiger partial charge in [0.05, 0.1) is 11.1 Å². The molecule has 1 fully saturated rings. The lowest BCUT2D eigenvalue weighted by molar-refractivity contribution is 0.198. The maximum absolute atomic E-state index is 9.59. The summed E-state index contributed by atoms with van der Waals surface area (Å²) in [5.74, 6) is 1.50. The molecule has 0 amide bonds. The average molecular weight is 305 g/mol. The summed E-state index contributed by atoms with van der Waals surface area (Å²) < 4.78 is 0. The van der Waals surface area contributed by atoms with Crippen LogP contribution < -0.4 is 10.2 Å². The minimum Gasteiger partial charge on any atom is -0.391 e. The van der Waals surface area contributed by atoms with Gasteiger partial charge in [0.15, 0.2) is 0 Å². The quantitative estimate of drug-likeness (QED) is 0.871. The van der Waals surface area contributed by atoms with Crippen LogP contribution in [0.4, 0.5) is 11.8 Å². The predicted molar refractivity (Wildman–Crippen MR) is 83.9 cm³/mol. The summed E-state index contributed by atoms with van der Waals surface area (Å²) in [7, 11) is 0. The normalized spacial score (nSPS) is 18.2. The first-order chi connectivity index (χ1) is 10.2. The number of aliphatic hydroxyl groups is 1. The molecular formula is C14H19N5OS. The second-order valence-electron chi connectivity index (χ2n) is 5.19. The monoisotopic (exact) mass is 305 g/mol. The lowest BCUT2D eigenvalue weighted by atomic mass is 10.3. The molecule has 3 heterocycles. The van der Waals surface area contributed by atoms with Gasteiger partial charge < -0.3 is 15.3 Å². The fourth-order valence-corrected chi connectivity index (χ4v) is 3.14. The zero-order chi connectivity index (χ0) is 14.7. The van der Waals surface area contributed by atoms with Crippen molar-refractivity contribution < 1.29 is 5.11 Å². The number of nitrogens with one attached hydrogen (secondary N) is 1. The zero-order valence-electron chi connectivity index (χ0n) is 12.0. The van der Waals surface area contributed by atoms with Crippen LogP contribution in [0.5, 0.6) is 0 Å². The number of anilines is 2. The molecule has 7 heteroatoms. The van der Waals surface area contributed by atoms with Crippen LogP contribution in [0.2, 0.25) is 0 Å². The van der Waals surface area contributed by atoms with E-state index in [4.69, 9.17) is 0 Å². The highest BCUT2D eigenvalue weighted by molar-refractivity contribution is 7.09. The molecule has 0 aromatic carbocycles. The van der Waals surface area contributed by atoms with Crippen molar-refractivity contribution in [1.82, 2.24) is 15.0 Å². The van der Waals surface area contributed by atoms with Crippen LogP contribution in [-0.2, 0) is 6.42 Å². The molecule has 0 spiro atoms. The summed E-state index contributed by atoms with van der Waals surface area (Å²) in [6.07, 6.45) is 3.18. The number of β-amino-alcohol motifs (C(OH)–C–C–N with tert-alkyl or cyclic N) is 1. The second-order valence-corrected chi connectivity index (χ2v) is 6.13. The van der Waals surface area contributed by atoms with Crippen LogP contribution in [0.3, 0.4) is 0 Å². The summed E-state index contributed by atoms with van der Waals surface area (Å²) in [6, 6.07) is 1.88. The molecule has 0 radical (unpaired) electrons. The van der Waals surface area contributed by atoms with Gasteiger partial charge in [0, 0.05) is 43.3 Å². The van der Waals surface area contributed by atoms with Crippen molar-refractivity contribution in [3.05, 3.63) is 28.3 Å². The van der Waals surface area contributed by atoms with Gasteiger partial charge in [0.2, 0.25) is 5.95 Å². The summed E-state index contributed by atoms with van der Waals surface area (Å²) in [5.41, 5.74) is 1.07. The Morgan fingerprint density at radius 2 is 2.38 bits per heavy atom. The van der Waals surface area contributed by atoms with Gasteiger partial charge >= 0.3 is 0 Å². The summed E-state index contributed by atoms with van der Waals surface area (Å²) in [6.45, 7) is 4.26. The fraction of sp³-hybridized carbons (Fsp3) is 0.500. The Hall–Kier alpha value is -1.73. The van der Waals surface area contributed by atoms with Crippen LogP contribution >= 0.6 is 11.3 Å². The lowest BCUT2D eigenvalue weighted by Gasteiger charge is -2.16. The molecule has 2 aromatic rings. The first kappa shape index (κ1) is 14.2. The van der Waals surface area contributed by atoms with E-state index >= 15 is 0 Å². The van der Waals surface area contributed by atoms with E-state index in [0.29, 0.717) is 12.5 Å². The van der Waals surface area contributed by atoms with Gasteiger partial charge in [-0.3, -0.25) is 0 Å². The Balaban J connectivity index is 1.56. The van der Waals surface area contributed by atoms with Gasteiger partial charge in [-0.25, -0.2) is 9.97 Å². The second kappa shape index (κ2) is 6.36. The Labute approximate surface area is 127 Å². The number of thiazole rings is 1. The smallest absolute Gasteiger partial charge is 0.224 e. The van der Waals surface area contributed by atoms with Crippen LogP contribution in [0.15, 0.2) is 17.6 Å². The van der Waals surface area contributed by atoms with Gasteiger partial charge in [-0.2, -0.15) is 4.98 Å². The molecule has 2 aromatic heterocycles. The number of hydrogen-bond acceptors (Lipinski definition) is 7. The van der Waals surface area contributed by atoms with E-state index in [1.807, 2.05) is 13.0 Å². The molecular weight excluding hydrogens is 286 g/mol. The van der Waals surface area contributed by atoms with E-state index in [-0.39, 0.29) is 6.10 Å². The van der Waals surface area contributed by atoms with E-state index in [0.717, 1.165) is 42.5 Å². The molecule has 112 valence electrons. The van der Waals surface area contributed by atoms with Crippen molar-refractivity contribution in [2.24, 2.45) is 0 Å². The maximum Gasteiger partial charge on any atom is 0.224 e. The molecule has 3 rings (SSSR count).